The van der Waals surface area contributed by atoms with E-state index in [0.717, 1.165) is 43.9 Å². The molecule has 0 aliphatic heterocycles. The van der Waals surface area contributed by atoms with Crippen LogP contribution in [0.15, 0.2) is 97.5 Å². The number of hydrogen-bond acceptors (Lipinski definition) is 8. The molecule has 3 aromatic heterocycles. The van der Waals surface area contributed by atoms with Crippen molar-refractivity contribution < 1.29 is 18.4 Å². The molecule has 230 valence electrons. The molecular weight excluding hydrogens is 608 g/mol. The lowest BCUT2D eigenvalue weighted by Crippen LogP contribution is -2.25. The molecule has 46 heavy (non-hydrogen) atoms. The summed E-state index contributed by atoms with van der Waals surface area (Å²) in [5, 5.41) is 9.52. The van der Waals surface area contributed by atoms with Crippen LogP contribution in [0.5, 0.6) is 0 Å². The average Bonchev–Trinajstić information content (AvgIpc) is 3.54. The molecule has 0 radical (unpaired) electrons. The van der Waals surface area contributed by atoms with Gasteiger partial charge in [-0.15, -0.1) is 11.3 Å². The summed E-state index contributed by atoms with van der Waals surface area (Å²) < 4.78 is 27.1. The number of benzene rings is 3. The second-order valence-electron chi connectivity index (χ2n) is 10.4. The third-order valence-electron chi connectivity index (χ3n) is 7.10. The van der Waals surface area contributed by atoms with Gasteiger partial charge in [-0.05, 0) is 59.2 Å². The zero-order valence-electron chi connectivity index (χ0n) is 24.3. The molecule has 5 N–H and O–H groups in total. The fourth-order valence-electron chi connectivity index (χ4n) is 4.79. The second kappa shape index (κ2) is 13.5. The molecule has 2 amide bonds. The van der Waals surface area contributed by atoms with E-state index in [9.17, 15) is 18.4 Å². The largest absolute Gasteiger partial charge is 0.383 e. The number of thiophene rings is 1. The Morgan fingerprint density at radius 1 is 0.826 bits per heavy atom. The minimum atomic E-state index is -1.00. The number of anilines is 3. The van der Waals surface area contributed by atoms with E-state index >= 15 is 0 Å². The Hall–Kier alpha value is -5.75. The van der Waals surface area contributed by atoms with E-state index in [-0.39, 0.29) is 30.3 Å². The highest BCUT2D eigenvalue weighted by Crippen LogP contribution is 2.32. The molecule has 3 heterocycles. The van der Waals surface area contributed by atoms with Gasteiger partial charge in [0.2, 0.25) is 5.91 Å². The molecule has 0 spiro atoms. The van der Waals surface area contributed by atoms with Crippen molar-refractivity contribution in [2.24, 2.45) is 0 Å². The smallest absolute Gasteiger partial charge is 0.255 e. The van der Waals surface area contributed by atoms with Gasteiger partial charge >= 0.3 is 0 Å². The zero-order valence-corrected chi connectivity index (χ0v) is 25.1. The first-order chi connectivity index (χ1) is 22.3. The van der Waals surface area contributed by atoms with Crippen LogP contribution in [0.2, 0.25) is 0 Å². The Morgan fingerprint density at radius 2 is 1.67 bits per heavy atom. The molecule has 0 saturated carbocycles. The van der Waals surface area contributed by atoms with Crippen molar-refractivity contribution in [2.75, 3.05) is 16.4 Å². The van der Waals surface area contributed by atoms with E-state index < -0.39 is 17.5 Å². The van der Waals surface area contributed by atoms with Crippen molar-refractivity contribution in [1.29, 1.82) is 0 Å². The average molecular weight is 636 g/mol. The standard InChI is InChI=1S/C34H27F2N7O2S/c35-27-9-6-21(12-28(27)36)16-40-34(45)26-15-23(43-31(44)13-20-4-2-1-3-5-20)17-38-33(26)39-18-24-8-11-30(46-24)22-7-10-29-25(14-22)32(37)42-19-41-29/h1-12,14-15,17,19H,13,16,18H2,(H,38,39)(H,40,45)(H,43,44)(H2,37,41,42). The molecule has 0 aliphatic carbocycles. The van der Waals surface area contributed by atoms with E-state index in [2.05, 4.69) is 30.9 Å². The molecule has 12 heteroatoms. The molecule has 6 aromatic rings. The predicted octanol–water partition coefficient (Wildman–Crippen LogP) is 6.34. The van der Waals surface area contributed by atoms with Gasteiger partial charge < -0.3 is 21.7 Å². The predicted molar refractivity (Wildman–Crippen MR) is 175 cm³/mol. The lowest BCUT2D eigenvalue weighted by molar-refractivity contribution is -0.115. The number of halogens is 2. The van der Waals surface area contributed by atoms with Crippen LogP contribution in [-0.4, -0.2) is 26.8 Å². The van der Waals surface area contributed by atoms with Crippen LogP contribution in [0.25, 0.3) is 21.3 Å². The number of nitrogens with one attached hydrogen (secondary N) is 3. The summed E-state index contributed by atoms with van der Waals surface area (Å²) in [5.74, 6) is -2.06. The van der Waals surface area contributed by atoms with E-state index in [1.807, 2.05) is 60.7 Å². The van der Waals surface area contributed by atoms with Gasteiger partial charge in [-0.2, -0.15) is 0 Å². The number of nitrogens with zero attached hydrogens (tertiary/aromatic N) is 3. The Bertz CT molecular complexity index is 2050. The number of carbonyl (C=O) groups excluding carboxylic acids is 2. The number of aromatic nitrogens is 3. The van der Waals surface area contributed by atoms with Crippen molar-refractivity contribution in [3.05, 3.63) is 131 Å². The van der Waals surface area contributed by atoms with Crippen LogP contribution in [0, 0.1) is 11.6 Å². The third-order valence-corrected chi connectivity index (χ3v) is 8.24. The van der Waals surface area contributed by atoms with Crippen molar-refractivity contribution in [2.45, 2.75) is 19.5 Å². The normalized spacial score (nSPS) is 10.9. The summed E-state index contributed by atoms with van der Waals surface area (Å²) in [6, 6.07) is 24.0. The number of amides is 2. The van der Waals surface area contributed by atoms with Gasteiger partial charge in [0.1, 0.15) is 18.0 Å². The van der Waals surface area contributed by atoms with Crippen LogP contribution >= 0.6 is 11.3 Å². The van der Waals surface area contributed by atoms with E-state index in [1.54, 1.807) is 11.3 Å². The van der Waals surface area contributed by atoms with Crippen molar-refractivity contribution in [3.63, 3.8) is 0 Å². The van der Waals surface area contributed by atoms with Gasteiger partial charge in [0.25, 0.3) is 5.91 Å². The summed E-state index contributed by atoms with van der Waals surface area (Å²) in [7, 11) is 0. The summed E-state index contributed by atoms with van der Waals surface area (Å²) in [6.07, 6.45) is 3.05. The van der Waals surface area contributed by atoms with Gasteiger partial charge in [-0.3, -0.25) is 9.59 Å². The number of nitrogen functional groups attached to an aromatic ring is 1. The molecule has 0 atom stereocenters. The Morgan fingerprint density at radius 3 is 2.50 bits per heavy atom. The van der Waals surface area contributed by atoms with Gasteiger partial charge in [0.05, 0.1) is 35.9 Å². The molecule has 0 fully saturated rings. The lowest BCUT2D eigenvalue weighted by Gasteiger charge is -2.14. The first kappa shape index (κ1) is 30.3. The summed E-state index contributed by atoms with van der Waals surface area (Å²) in [6.45, 7) is 0.315. The highest BCUT2D eigenvalue weighted by Gasteiger charge is 2.17. The van der Waals surface area contributed by atoms with Gasteiger partial charge in [0.15, 0.2) is 11.6 Å². The van der Waals surface area contributed by atoms with Gasteiger partial charge in [-0.1, -0.05) is 42.5 Å². The maximum absolute atomic E-state index is 13.7. The lowest BCUT2D eigenvalue weighted by atomic mass is 10.1. The summed E-state index contributed by atoms with van der Waals surface area (Å²) in [5.41, 5.74) is 9.50. The molecule has 0 unspecified atom stereocenters. The highest BCUT2D eigenvalue weighted by atomic mass is 32.1. The minimum Gasteiger partial charge on any atom is -0.383 e. The van der Waals surface area contributed by atoms with Crippen molar-refractivity contribution >= 4 is 51.4 Å². The molecule has 3 aromatic carbocycles. The molecule has 9 nitrogen and oxygen atoms in total. The van der Waals surface area contributed by atoms with Crippen LogP contribution in [0.1, 0.15) is 26.4 Å². The maximum atomic E-state index is 13.7. The Labute approximate surface area is 266 Å². The van der Waals surface area contributed by atoms with E-state index in [0.29, 0.717) is 23.6 Å². The highest BCUT2D eigenvalue weighted by molar-refractivity contribution is 7.15. The number of fused-ring (bicyclic) bond motifs is 1. The van der Waals surface area contributed by atoms with Crippen LogP contribution < -0.4 is 21.7 Å². The molecule has 6 rings (SSSR count). The third kappa shape index (κ3) is 7.13. The molecule has 0 bridgehead atoms. The van der Waals surface area contributed by atoms with E-state index in [4.69, 9.17) is 5.73 Å². The van der Waals surface area contributed by atoms with E-state index in [1.165, 1.54) is 24.7 Å². The van der Waals surface area contributed by atoms with Crippen molar-refractivity contribution in [3.8, 4) is 10.4 Å². The fraction of sp³-hybridized carbons (Fsp3) is 0.0882. The summed E-state index contributed by atoms with van der Waals surface area (Å²) in [4.78, 5) is 40.8. The SMILES string of the molecule is Nc1ncnc2ccc(-c3ccc(CNc4ncc(NC(=O)Cc5ccccc5)cc4C(=O)NCc4ccc(F)c(F)c4)s3)cc12. The van der Waals surface area contributed by atoms with Gasteiger partial charge in [0, 0.05) is 21.7 Å². The van der Waals surface area contributed by atoms with Crippen molar-refractivity contribution in [1.82, 2.24) is 20.3 Å². The number of rotatable bonds is 10. The first-order valence-corrected chi connectivity index (χ1v) is 15.0. The summed E-state index contributed by atoms with van der Waals surface area (Å²) >= 11 is 1.56. The number of nitrogens with two attached hydrogens (primary N) is 1. The number of carbonyl (C=O) groups is 2. The van der Waals surface area contributed by atoms with Gasteiger partial charge in [-0.25, -0.2) is 23.7 Å². The van der Waals surface area contributed by atoms with Crippen LogP contribution in [-0.2, 0) is 24.3 Å². The molecule has 0 saturated heterocycles. The topological polar surface area (TPSA) is 135 Å². The second-order valence-corrected chi connectivity index (χ2v) is 11.5. The monoisotopic (exact) mass is 635 g/mol. The first-order valence-electron chi connectivity index (χ1n) is 14.2. The minimum absolute atomic E-state index is 0.0460. The quantitative estimate of drug-likeness (QED) is 0.138. The fourth-order valence-corrected chi connectivity index (χ4v) is 5.73. The van der Waals surface area contributed by atoms with Crippen LogP contribution in [0.3, 0.4) is 0 Å². The van der Waals surface area contributed by atoms with Crippen LogP contribution in [0.4, 0.5) is 26.1 Å². The Kier molecular flexibility index (Phi) is 8.88. The Balaban J connectivity index is 1.20. The zero-order chi connectivity index (χ0) is 32.0. The maximum Gasteiger partial charge on any atom is 0.255 e. The number of pyridine rings is 1. The number of hydrogen-bond donors (Lipinski definition) is 4. The molecule has 0 aliphatic rings. The molecular formula is C34H27F2N7O2S.